The number of rotatable bonds is 4. The van der Waals surface area contributed by atoms with Gasteiger partial charge in [0.25, 0.3) is 0 Å². The van der Waals surface area contributed by atoms with Crippen LogP contribution in [0.4, 0.5) is 5.82 Å². The van der Waals surface area contributed by atoms with E-state index in [4.69, 9.17) is 5.26 Å². The van der Waals surface area contributed by atoms with E-state index in [0.29, 0.717) is 23.7 Å². The third-order valence-electron chi connectivity index (χ3n) is 3.16. The third kappa shape index (κ3) is 3.10. The summed E-state index contributed by atoms with van der Waals surface area (Å²) >= 11 is 0. The Balaban J connectivity index is 1.64. The first-order valence-corrected chi connectivity index (χ1v) is 6.84. The van der Waals surface area contributed by atoms with Gasteiger partial charge < -0.3 is 5.32 Å². The summed E-state index contributed by atoms with van der Waals surface area (Å²) in [5.41, 5.74) is 2.67. The number of hydrogen-bond acceptors (Lipinski definition) is 5. The van der Waals surface area contributed by atoms with E-state index in [2.05, 4.69) is 26.7 Å². The second kappa shape index (κ2) is 6.06. The first kappa shape index (κ1) is 13.8. The molecular formula is C16H14N6. The van der Waals surface area contributed by atoms with Gasteiger partial charge in [0.1, 0.15) is 5.82 Å². The van der Waals surface area contributed by atoms with Crippen LogP contribution in [0.5, 0.6) is 0 Å². The monoisotopic (exact) mass is 290 g/mol. The first-order valence-electron chi connectivity index (χ1n) is 6.84. The fraction of sp³-hybridized carbons (Fsp3) is 0.125. The van der Waals surface area contributed by atoms with Gasteiger partial charge in [-0.2, -0.15) is 10.4 Å². The Morgan fingerprint density at radius 2 is 1.91 bits per heavy atom. The number of nitriles is 1. The van der Waals surface area contributed by atoms with Crippen molar-refractivity contribution in [1.82, 2.24) is 20.0 Å². The molecule has 0 aliphatic heterocycles. The summed E-state index contributed by atoms with van der Waals surface area (Å²) < 4.78 is 1.69. The molecule has 0 amide bonds. The molecule has 22 heavy (non-hydrogen) atoms. The van der Waals surface area contributed by atoms with E-state index >= 15 is 0 Å². The molecule has 0 spiro atoms. The van der Waals surface area contributed by atoms with Crippen LogP contribution in [-0.4, -0.2) is 20.0 Å². The summed E-state index contributed by atoms with van der Waals surface area (Å²) in [7, 11) is 0. The molecule has 6 nitrogen and oxygen atoms in total. The lowest BCUT2D eigenvalue weighted by atomic mass is 10.1. The van der Waals surface area contributed by atoms with Crippen LogP contribution in [0.25, 0.3) is 5.82 Å². The highest BCUT2D eigenvalue weighted by Gasteiger charge is 2.02. The zero-order chi connectivity index (χ0) is 15.4. The molecule has 1 aromatic carbocycles. The van der Waals surface area contributed by atoms with E-state index in [1.165, 1.54) is 0 Å². The van der Waals surface area contributed by atoms with Crippen molar-refractivity contribution in [1.29, 1.82) is 5.26 Å². The molecule has 0 unspecified atom stereocenters. The van der Waals surface area contributed by atoms with Crippen molar-refractivity contribution in [3.8, 4) is 11.9 Å². The number of hydrogen-bond donors (Lipinski definition) is 1. The van der Waals surface area contributed by atoms with Gasteiger partial charge in [-0.25, -0.2) is 4.68 Å². The Hall–Kier alpha value is -3.20. The van der Waals surface area contributed by atoms with Gasteiger partial charge in [-0.1, -0.05) is 12.1 Å². The van der Waals surface area contributed by atoms with E-state index in [9.17, 15) is 0 Å². The van der Waals surface area contributed by atoms with Crippen molar-refractivity contribution >= 4 is 5.82 Å². The number of aromatic nitrogens is 4. The zero-order valence-corrected chi connectivity index (χ0v) is 12.1. The van der Waals surface area contributed by atoms with Crippen LogP contribution in [0.1, 0.15) is 16.8 Å². The van der Waals surface area contributed by atoms with E-state index in [-0.39, 0.29) is 0 Å². The van der Waals surface area contributed by atoms with Gasteiger partial charge in [-0.05, 0) is 42.8 Å². The normalized spacial score (nSPS) is 10.2. The van der Waals surface area contributed by atoms with Crippen molar-refractivity contribution in [2.45, 2.75) is 13.5 Å². The lowest BCUT2D eigenvalue weighted by Crippen LogP contribution is -2.05. The molecule has 0 aliphatic rings. The largest absolute Gasteiger partial charge is 0.365 e. The predicted octanol–water partition coefficient (Wildman–Crippen LogP) is 2.45. The van der Waals surface area contributed by atoms with E-state index in [1.807, 2.05) is 43.5 Å². The molecule has 3 aromatic rings. The topological polar surface area (TPSA) is 79.4 Å². The lowest BCUT2D eigenvalue weighted by molar-refractivity contribution is 0.803. The molecule has 2 aromatic heterocycles. The highest BCUT2D eigenvalue weighted by atomic mass is 15.3. The summed E-state index contributed by atoms with van der Waals surface area (Å²) in [5.74, 6) is 1.37. The minimum absolute atomic E-state index is 0.626. The van der Waals surface area contributed by atoms with Gasteiger partial charge >= 0.3 is 0 Å². The maximum Gasteiger partial charge on any atom is 0.175 e. The van der Waals surface area contributed by atoms with Gasteiger partial charge in [-0.3, -0.25) is 0 Å². The van der Waals surface area contributed by atoms with Crippen molar-refractivity contribution in [3.63, 3.8) is 0 Å². The highest BCUT2D eigenvalue weighted by molar-refractivity contribution is 5.38. The Morgan fingerprint density at radius 3 is 2.50 bits per heavy atom. The third-order valence-corrected chi connectivity index (χ3v) is 3.16. The Morgan fingerprint density at radius 1 is 1.09 bits per heavy atom. The predicted molar refractivity (Wildman–Crippen MR) is 82.4 cm³/mol. The minimum Gasteiger partial charge on any atom is -0.365 e. The lowest BCUT2D eigenvalue weighted by Gasteiger charge is -2.06. The second-order valence-corrected chi connectivity index (χ2v) is 4.84. The summed E-state index contributed by atoms with van der Waals surface area (Å²) in [6.07, 6.45) is 1.85. The Labute approximate surface area is 128 Å². The summed E-state index contributed by atoms with van der Waals surface area (Å²) in [5, 5.41) is 24.5. The SMILES string of the molecule is Cc1ccn(-c2ccc(NCc3ccc(C#N)cc3)nn2)n1. The van der Waals surface area contributed by atoms with Crippen molar-refractivity contribution in [3.05, 3.63) is 65.5 Å². The van der Waals surface area contributed by atoms with Crippen LogP contribution in [-0.2, 0) is 6.54 Å². The molecule has 6 heteroatoms. The van der Waals surface area contributed by atoms with Gasteiger partial charge in [0, 0.05) is 12.7 Å². The molecule has 1 N–H and O–H groups in total. The van der Waals surface area contributed by atoms with Gasteiger partial charge in [0.05, 0.1) is 17.3 Å². The molecule has 0 aliphatic carbocycles. The van der Waals surface area contributed by atoms with E-state index in [0.717, 1.165) is 11.3 Å². The smallest absolute Gasteiger partial charge is 0.175 e. The van der Waals surface area contributed by atoms with Crippen molar-refractivity contribution < 1.29 is 0 Å². The Kier molecular flexibility index (Phi) is 3.79. The Bertz CT molecular complexity index is 796. The fourth-order valence-electron chi connectivity index (χ4n) is 1.97. The quantitative estimate of drug-likeness (QED) is 0.798. The van der Waals surface area contributed by atoms with E-state index in [1.54, 1.807) is 16.8 Å². The summed E-state index contributed by atoms with van der Waals surface area (Å²) in [4.78, 5) is 0. The van der Waals surface area contributed by atoms with Gasteiger partial charge in [0.2, 0.25) is 0 Å². The van der Waals surface area contributed by atoms with Crippen LogP contribution in [0, 0.1) is 18.3 Å². The molecule has 3 rings (SSSR count). The molecule has 108 valence electrons. The molecule has 0 bridgehead atoms. The number of anilines is 1. The number of nitrogens with one attached hydrogen (secondary N) is 1. The average Bonchev–Trinajstić information content (AvgIpc) is 3.00. The average molecular weight is 290 g/mol. The number of aryl methyl sites for hydroxylation is 1. The molecule has 0 radical (unpaired) electrons. The number of benzene rings is 1. The maximum atomic E-state index is 8.77. The molecular weight excluding hydrogens is 276 g/mol. The van der Waals surface area contributed by atoms with Crippen LogP contribution in [0.3, 0.4) is 0 Å². The zero-order valence-electron chi connectivity index (χ0n) is 12.1. The van der Waals surface area contributed by atoms with Crippen molar-refractivity contribution in [2.75, 3.05) is 5.32 Å². The fourth-order valence-corrected chi connectivity index (χ4v) is 1.97. The van der Waals surface area contributed by atoms with Crippen LogP contribution >= 0.6 is 0 Å². The second-order valence-electron chi connectivity index (χ2n) is 4.84. The first-order chi connectivity index (χ1) is 10.7. The van der Waals surface area contributed by atoms with Crippen LogP contribution in [0.2, 0.25) is 0 Å². The van der Waals surface area contributed by atoms with Crippen molar-refractivity contribution in [2.24, 2.45) is 0 Å². The molecule has 0 atom stereocenters. The van der Waals surface area contributed by atoms with Crippen LogP contribution in [0.15, 0.2) is 48.7 Å². The molecule has 0 saturated heterocycles. The van der Waals surface area contributed by atoms with Gasteiger partial charge in [0.15, 0.2) is 5.82 Å². The maximum absolute atomic E-state index is 8.77. The van der Waals surface area contributed by atoms with Gasteiger partial charge in [-0.15, -0.1) is 10.2 Å². The standard InChI is InChI=1S/C16H14N6/c1-12-8-9-22(21-12)16-7-6-15(19-20-16)18-11-14-4-2-13(10-17)3-5-14/h2-9H,11H2,1H3,(H,18,19). The molecule has 2 heterocycles. The van der Waals surface area contributed by atoms with E-state index < -0.39 is 0 Å². The van der Waals surface area contributed by atoms with Crippen LogP contribution < -0.4 is 5.32 Å². The number of nitrogens with zero attached hydrogens (tertiary/aromatic N) is 5. The molecule has 0 fully saturated rings. The highest BCUT2D eigenvalue weighted by Crippen LogP contribution is 2.09. The summed E-state index contributed by atoms with van der Waals surface area (Å²) in [6, 6.07) is 15.2. The summed E-state index contributed by atoms with van der Waals surface area (Å²) in [6.45, 7) is 2.55. The molecule has 0 saturated carbocycles. The minimum atomic E-state index is 0.626.